The van der Waals surface area contributed by atoms with Crippen molar-refractivity contribution in [3.05, 3.63) is 0 Å². The lowest BCUT2D eigenvalue weighted by atomic mass is 9.77. The molecule has 2 bridgehead atoms. The molecule has 0 spiro atoms. The number of alkyl halides is 6. The van der Waals surface area contributed by atoms with Crippen LogP contribution in [0.5, 0.6) is 0 Å². The molecule has 5 saturated carbocycles. The zero-order valence-electron chi connectivity index (χ0n) is 9.35. The normalized spacial score (nSPS) is 83.1. The first-order chi connectivity index (χ1) is 8.70. The average molecular weight is 381 g/mol. The van der Waals surface area contributed by atoms with Gasteiger partial charge in [0.05, 0.1) is 12.2 Å². The van der Waals surface area contributed by atoms with Crippen molar-refractivity contribution in [2.24, 2.45) is 23.7 Å². The van der Waals surface area contributed by atoms with Gasteiger partial charge in [-0.05, 0) is 30.1 Å². The Hall–Kier alpha value is 1.70. The van der Waals surface area contributed by atoms with E-state index in [1.807, 2.05) is 0 Å². The fourth-order valence-electron chi connectivity index (χ4n) is 6.97. The van der Waals surface area contributed by atoms with E-state index in [-0.39, 0.29) is 24.0 Å². The molecule has 6 aliphatic rings. The molecule has 10 atom stereocenters. The summed E-state index contributed by atoms with van der Waals surface area (Å²) in [6, 6.07) is 0. The second-order valence-electron chi connectivity index (χ2n) is 7.01. The van der Waals surface area contributed by atoms with E-state index in [0.717, 1.165) is 6.42 Å². The van der Waals surface area contributed by atoms with Crippen LogP contribution < -0.4 is 0 Å². The van der Waals surface area contributed by atoms with Crippen LogP contribution in [0.2, 0.25) is 0 Å². The summed E-state index contributed by atoms with van der Waals surface area (Å²) in [4.78, 5) is -3.91. The molecule has 1 saturated heterocycles. The smallest absolute Gasteiger partial charge is 0.160 e. The quantitative estimate of drug-likeness (QED) is 0.581. The molecule has 0 radical (unpaired) electrons. The molecule has 0 aromatic rings. The van der Waals surface area contributed by atoms with Gasteiger partial charge in [-0.25, -0.2) is 0 Å². The van der Waals surface area contributed by atoms with Crippen LogP contribution in [-0.2, 0) is 4.74 Å². The van der Waals surface area contributed by atoms with Gasteiger partial charge in [-0.15, -0.1) is 46.4 Å². The van der Waals surface area contributed by atoms with Crippen molar-refractivity contribution in [2.45, 2.75) is 42.5 Å². The molecule has 19 heavy (non-hydrogen) atoms. The number of hydrogen-bond acceptors (Lipinski definition) is 1. The van der Waals surface area contributed by atoms with Crippen molar-refractivity contribution in [3.63, 3.8) is 0 Å². The summed E-state index contributed by atoms with van der Waals surface area (Å²) in [5.74, 6) is 0.825. The lowest BCUT2D eigenvalue weighted by Crippen LogP contribution is -2.60. The van der Waals surface area contributed by atoms with Crippen molar-refractivity contribution in [1.29, 1.82) is 0 Å². The third kappa shape index (κ3) is 0.634. The highest BCUT2D eigenvalue weighted by Crippen LogP contribution is 2.96. The van der Waals surface area contributed by atoms with E-state index >= 15 is 0 Å². The summed E-state index contributed by atoms with van der Waals surface area (Å²) >= 11 is 41.4. The van der Waals surface area contributed by atoms with E-state index in [9.17, 15) is 0 Å². The zero-order valence-corrected chi connectivity index (χ0v) is 13.9. The van der Waals surface area contributed by atoms with Crippen LogP contribution in [0.3, 0.4) is 0 Å². The lowest BCUT2D eigenvalue weighted by Gasteiger charge is -2.43. The fraction of sp³-hybridized carbons (Fsp3) is 1.00. The van der Waals surface area contributed by atoms with Crippen molar-refractivity contribution in [1.82, 2.24) is 0 Å². The van der Waals surface area contributed by atoms with Gasteiger partial charge in [0, 0.05) is 0 Å². The standard InChI is InChI=1S/C12H8Cl6O/c13-8-4-2-1-3-5(4)9(14,12(8,17)18)11(16)7(3)19-6(2)10(8,11)15/h2-7H,1H2. The first-order valence-electron chi connectivity index (χ1n) is 6.49. The van der Waals surface area contributed by atoms with Gasteiger partial charge in [0.1, 0.15) is 19.5 Å². The van der Waals surface area contributed by atoms with Crippen LogP contribution >= 0.6 is 69.6 Å². The number of rotatable bonds is 0. The van der Waals surface area contributed by atoms with Crippen LogP contribution in [0.1, 0.15) is 6.42 Å². The lowest BCUT2D eigenvalue weighted by molar-refractivity contribution is -0.0402. The molecule has 6 fully saturated rings. The summed E-state index contributed by atoms with van der Waals surface area (Å²) < 4.78 is 4.86. The van der Waals surface area contributed by atoms with Gasteiger partial charge in [-0.3, -0.25) is 0 Å². The first-order valence-corrected chi connectivity index (χ1v) is 8.76. The number of fused-ring (bicyclic) bond motifs is 2. The summed E-state index contributed by atoms with van der Waals surface area (Å²) in [6.07, 6.45) is 0.710. The zero-order chi connectivity index (χ0) is 13.4. The molecule has 104 valence electrons. The molecule has 0 amide bonds. The van der Waals surface area contributed by atoms with Crippen LogP contribution in [-0.4, -0.2) is 36.0 Å². The van der Waals surface area contributed by atoms with Crippen LogP contribution in [0.4, 0.5) is 0 Å². The maximum Gasteiger partial charge on any atom is 0.160 e. The number of hydrogen-bond donors (Lipinski definition) is 0. The Labute approximate surface area is 140 Å². The molecule has 1 heterocycles. The van der Waals surface area contributed by atoms with E-state index in [0.29, 0.717) is 11.8 Å². The highest BCUT2D eigenvalue weighted by atomic mass is 35.5. The summed E-state index contributed by atoms with van der Waals surface area (Å²) in [6.45, 7) is 0. The largest absolute Gasteiger partial charge is 0.370 e. The van der Waals surface area contributed by atoms with Crippen LogP contribution in [0, 0.1) is 23.7 Å². The molecule has 0 N–H and O–H groups in total. The minimum Gasteiger partial charge on any atom is -0.370 e. The van der Waals surface area contributed by atoms with Gasteiger partial charge in [0.2, 0.25) is 0 Å². The van der Waals surface area contributed by atoms with Gasteiger partial charge >= 0.3 is 0 Å². The average Bonchev–Trinajstić information content (AvgIpc) is 2.94. The molecule has 0 aromatic heterocycles. The first kappa shape index (κ1) is 12.2. The molecule has 0 aromatic carbocycles. The number of ether oxygens (including phenoxy) is 1. The van der Waals surface area contributed by atoms with Crippen molar-refractivity contribution in [3.8, 4) is 0 Å². The van der Waals surface area contributed by atoms with E-state index in [1.165, 1.54) is 0 Å². The highest BCUT2D eigenvalue weighted by Gasteiger charge is 3.08. The van der Waals surface area contributed by atoms with Crippen molar-refractivity contribution < 1.29 is 4.74 Å². The second-order valence-corrected chi connectivity index (χ2v) is 10.7. The maximum absolute atomic E-state index is 7.01. The van der Waals surface area contributed by atoms with Gasteiger partial charge in [-0.2, -0.15) is 0 Å². The molecule has 7 heteroatoms. The SMILES string of the molecule is ClC1(Cl)C2(Cl)C3C4CC5C3C1(Cl)C1(Cl)C5OC4C21Cl. The Morgan fingerprint density at radius 3 is 1.53 bits per heavy atom. The molecule has 1 nitrogen and oxygen atoms in total. The predicted octanol–water partition coefficient (Wildman–Crippen LogP) is 3.76. The van der Waals surface area contributed by atoms with Crippen molar-refractivity contribution >= 4 is 69.6 Å². The second kappa shape index (κ2) is 2.58. The van der Waals surface area contributed by atoms with Gasteiger partial charge in [0.15, 0.2) is 4.33 Å². The van der Waals surface area contributed by atoms with E-state index in [1.54, 1.807) is 0 Å². The molecular formula is C12H8Cl6O. The third-order valence-corrected chi connectivity index (χ3v) is 12.3. The van der Waals surface area contributed by atoms with Gasteiger partial charge in [0.25, 0.3) is 0 Å². The topological polar surface area (TPSA) is 9.23 Å². The summed E-state index contributed by atoms with van der Waals surface area (Å²) in [7, 11) is 0. The van der Waals surface area contributed by atoms with E-state index in [2.05, 4.69) is 0 Å². The highest BCUT2D eigenvalue weighted by molar-refractivity contribution is 6.65. The van der Waals surface area contributed by atoms with Gasteiger partial charge < -0.3 is 4.74 Å². The predicted molar refractivity (Wildman–Crippen MR) is 76.0 cm³/mol. The Balaban J connectivity index is 1.88. The number of halogens is 6. The Morgan fingerprint density at radius 2 is 1.11 bits per heavy atom. The Morgan fingerprint density at radius 1 is 0.684 bits per heavy atom. The maximum atomic E-state index is 7.01. The van der Waals surface area contributed by atoms with Crippen LogP contribution in [0.15, 0.2) is 0 Å². The Kier molecular flexibility index (Phi) is 1.65. The summed E-state index contributed by atoms with van der Waals surface area (Å²) in [5, 5.41) is 0. The van der Waals surface area contributed by atoms with Gasteiger partial charge in [-0.1, -0.05) is 23.2 Å². The molecule has 10 unspecified atom stereocenters. The van der Waals surface area contributed by atoms with Crippen molar-refractivity contribution in [2.75, 3.05) is 0 Å². The fourth-order valence-corrected chi connectivity index (χ4v) is 11.3. The summed E-state index contributed by atoms with van der Waals surface area (Å²) in [5.41, 5.74) is 0. The minimum absolute atomic E-state index is 0.119. The minimum atomic E-state index is -1.31. The molecular weight excluding hydrogens is 373 g/mol. The van der Waals surface area contributed by atoms with Crippen LogP contribution in [0.25, 0.3) is 0 Å². The third-order valence-electron chi connectivity index (χ3n) is 7.13. The molecule has 6 rings (SSSR count). The monoisotopic (exact) mass is 378 g/mol. The van der Waals surface area contributed by atoms with E-state index < -0.39 is 23.8 Å². The van der Waals surface area contributed by atoms with E-state index in [4.69, 9.17) is 74.3 Å². The Bertz CT molecular complexity index is 523. The molecule has 5 aliphatic carbocycles. The molecule has 1 aliphatic heterocycles.